The van der Waals surface area contributed by atoms with E-state index in [2.05, 4.69) is 4.90 Å². The van der Waals surface area contributed by atoms with Gasteiger partial charge in [0.15, 0.2) is 0 Å². The summed E-state index contributed by atoms with van der Waals surface area (Å²) in [6.07, 6.45) is 4.27. The highest BCUT2D eigenvalue weighted by atomic mass is 19.1. The minimum absolute atomic E-state index is 0.179. The van der Waals surface area contributed by atoms with Crippen molar-refractivity contribution < 1.29 is 9.18 Å². The third-order valence-corrected chi connectivity index (χ3v) is 4.95. The Morgan fingerprint density at radius 2 is 1.62 bits per heavy atom. The molecular formula is C18H24FNO. The van der Waals surface area contributed by atoms with E-state index in [9.17, 15) is 9.18 Å². The third kappa shape index (κ3) is 2.70. The van der Waals surface area contributed by atoms with E-state index in [1.807, 2.05) is 32.9 Å². The van der Waals surface area contributed by atoms with Gasteiger partial charge in [0.2, 0.25) is 5.91 Å². The van der Waals surface area contributed by atoms with Crippen LogP contribution in [-0.2, 0) is 4.79 Å². The van der Waals surface area contributed by atoms with Crippen molar-refractivity contribution in [3.8, 4) is 0 Å². The zero-order valence-corrected chi connectivity index (χ0v) is 13.1. The Morgan fingerprint density at radius 1 is 1.10 bits per heavy atom. The highest BCUT2D eigenvalue weighted by molar-refractivity contribution is 5.82. The number of halogens is 1. The molecule has 1 amide bonds. The maximum Gasteiger partial charge on any atom is 0.228 e. The summed E-state index contributed by atoms with van der Waals surface area (Å²) < 4.78 is 13.1. The van der Waals surface area contributed by atoms with Crippen molar-refractivity contribution in [1.29, 1.82) is 0 Å². The van der Waals surface area contributed by atoms with E-state index < -0.39 is 0 Å². The summed E-state index contributed by atoms with van der Waals surface area (Å²) in [5, 5.41) is 0. The first-order valence-electron chi connectivity index (χ1n) is 7.94. The molecule has 2 aliphatic rings. The summed E-state index contributed by atoms with van der Waals surface area (Å²) in [5.41, 5.74) is 0.917. The van der Waals surface area contributed by atoms with Gasteiger partial charge in [0, 0.05) is 17.5 Å². The Balaban J connectivity index is 1.78. The quantitative estimate of drug-likeness (QED) is 0.762. The first-order valence-corrected chi connectivity index (χ1v) is 7.94. The second-order valence-electron chi connectivity index (χ2n) is 7.57. The van der Waals surface area contributed by atoms with Crippen LogP contribution >= 0.6 is 0 Å². The van der Waals surface area contributed by atoms with Gasteiger partial charge in [-0.25, -0.2) is 4.39 Å². The van der Waals surface area contributed by atoms with Crippen molar-refractivity contribution in [2.45, 2.75) is 64.5 Å². The standard InChI is InChI=1S/C18H24FNO/c1-18(2,3)17(21)20-15-8-9-16(20)11-13(10-15)12-4-6-14(19)7-5-12/h4-7,13,15-16H,8-11H2,1-3H3. The summed E-state index contributed by atoms with van der Waals surface area (Å²) in [6, 6.07) is 7.63. The minimum atomic E-state index is -0.302. The van der Waals surface area contributed by atoms with Gasteiger partial charge >= 0.3 is 0 Å². The molecule has 2 saturated heterocycles. The predicted molar refractivity (Wildman–Crippen MR) is 81.5 cm³/mol. The predicted octanol–water partition coefficient (Wildman–Crippen LogP) is 4.11. The van der Waals surface area contributed by atoms with E-state index in [-0.39, 0.29) is 17.1 Å². The van der Waals surface area contributed by atoms with Crippen LogP contribution in [0.3, 0.4) is 0 Å². The molecule has 0 N–H and O–H groups in total. The number of hydrogen-bond donors (Lipinski definition) is 0. The van der Waals surface area contributed by atoms with Gasteiger partial charge < -0.3 is 4.90 Å². The lowest BCUT2D eigenvalue weighted by atomic mass is 9.83. The average Bonchev–Trinajstić information content (AvgIpc) is 2.67. The van der Waals surface area contributed by atoms with E-state index >= 15 is 0 Å². The van der Waals surface area contributed by atoms with Gasteiger partial charge in [-0.15, -0.1) is 0 Å². The lowest BCUT2D eigenvalue weighted by Crippen LogP contribution is -2.50. The van der Waals surface area contributed by atoms with Crippen molar-refractivity contribution in [2.75, 3.05) is 0 Å². The van der Waals surface area contributed by atoms with Gasteiger partial charge in [-0.2, -0.15) is 0 Å². The Bertz CT molecular complexity index is 517. The molecule has 3 heteroatoms. The van der Waals surface area contributed by atoms with Crippen LogP contribution in [0.2, 0.25) is 0 Å². The molecule has 2 bridgehead atoms. The van der Waals surface area contributed by atoms with Crippen LogP contribution in [-0.4, -0.2) is 22.9 Å². The van der Waals surface area contributed by atoms with Gasteiger partial charge in [0.1, 0.15) is 5.82 Å². The number of benzene rings is 1. The van der Waals surface area contributed by atoms with Crippen molar-refractivity contribution in [3.05, 3.63) is 35.6 Å². The molecule has 0 aliphatic carbocycles. The SMILES string of the molecule is CC(C)(C)C(=O)N1C2CCC1CC(c1ccc(F)cc1)C2. The number of fused-ring (bicyclic) bond motifs is 2. The number of hydrogen-bond acceptors (Lipinski definition) is 1. The molecule has 0 spiro atoms. The maximum atomic E-state index is 13.1. The minimum Gasteiger partial charge on any atom is -0.336 e. The number of amides is 1. The Morgan fingerprint density at radius 3 is 2.10 bits per heavy atom. The fourth-order valence-corrected chi connectivity index (χ4v) is 3.90. The molecule has 2 fully saturated rings. The lowest BCUT2D eigenvalue weighted by molar-refractivity contribution is -0.144. The summed E-state index contributed by atoms with van der Waals surface area (Å²) in [4.78, 5) is 14.8. The first kappa shape index (κ1) is 14.6. The first-order chi connectivity index (χ1) is 9.86. The van der Waals surface area contributed by atoms with Crippen LogP contribution in [0.4, 0.5) is 4.39 Å². The number of carbonyl (C=O) groups is 1. The number of rotatable bonds is 1. The van der Waals surface area contributed by atoms with Crippen molar-refractivity contribution in [2.24, 2.45) is 5.41 Å². The summed E-state index contributed by atoms with van der Waals surface area (Å²) in [7, 11) is 0. The second-order valence-corrected chi connectivity index (χ2v) is 7.57. The molecule has 1 aromatic rings. The van der Waals surface area contributed by atoms with E-state index in [4.69, 9.17) is 0 Å². The largest absolute Gasteiger partial charge is 0.336 e. The van der Waals surface area contributed by atoms with Crippen molar-refractivity contribution in [1.82, 2.24) is 4.90 Å². The van der Waals surface area contributed by atoms with Gasteiger partial charge in [-0.1, -0.05) is 32.9 Å². The van der Waals surface area contributed by atoms with Crippen LogP contribution in [0.1, 0.15) is 57.9 Å². The maximum absolute atomic E-state index is 13.1. The van der Waals surface area contributed by atoms with E-state index in [1.54, 1.807) is 12.1 Å². The van der Waals surface area contributed by atoms with E-state index in [0.717, 1.165) is 25.7 Å². The van der Waals surface area contributed by atoms with Crippen LogP contribution in [0.5, 0.6) is 0 Å². The second kappa shape index (κ2) is 5.11. The van der Waals surface area contributed by atoms with E-state index in [0.29, 0.717) is 18.0 Å². The number of nitrogens with zero attached hydrogens (tertiary/aromatic N) is 1. The van der Waals surface area contributed by atoms with Crippen LogP contribution < -0.4 is 0 Å². The molecule has 0 aromatic heterocycles. The Hall–Kier alpha value is -1.38. The number of carbonyl (C=O) groups excluding carboxylic acids is 1. The van der Waals surface area contributed by atoms with Gasteiger partial charge in [0.05, 0.1) is 0 Å². The Kier molecular flexibility index (Phi) is 3.54. The molecule has 1 aromatic carbocycles. The van der Waals surface area contributed by atoms with Gasteiger partial charge in [-0.3, -0.25) is 4.79 Å². The van der Waals surface area contributed by atoms with Gasteiger partial charge in [0.25, 0.3) is 0 Å². The molecule has 0 saturated carbocycles. The van der Waals surface area contributed by atoms with Crippen LogP contribution in [0, 0.1) is 11.2 Å². The molecule has 0 radical (unpaired) electrons. The summed E-state index contributed by atoms with van der Waals surface area (Å²) >= 11 is 0. The van der Waals surface area contributed by atoms with Crippen LogP contribution in [0.15, 0.2) is 24.3 Å². The smallest absolute Gasteiger partial charge is 0.228 e. The lowest BCUT2D eigenvalue weighted by Gasteiger charge is -2.42. The fraction of sp³-hybridized carbons (Fsp3) is 0.611. The number of piperidine rings is 1. The third-order valence-electron chi connectivity index (χ3n) is 4.95. The molecule has 114 valence electrons. The molecule has 2 heterocycles. The molecule has 2 unspecified atom stereocenters. The fourth-order valence-electron chi connectivity index (χ4n) is 3.90. The zero-order valence-electron chi connectivity index (χ0n) is 13.1. The Labute approximate surface area is 126 Å². The topological polar surface area (TPSA) is 20.3 Å². The molecule has 21 heavy (non-hydrogen) atoms. The van der Waals surface area contributed by atoms with Gasteiger partial charge in [-0.05, 0) is 49.3 Å². The molecular weight excluding hydrogens is 265 g/mol. The van der Waals surface area contributed by atoms with Crippen LogP contribution in [0.25, 0.3) is 0 Å². The van der Waals surface area contributed by atoms with E-state index in [1.165, 1.54) is 5.56 Å². The van der Waals surface area contributed by atoms with Crippen molar-refractivity contribution in [3.63, 3.8) is 0 Å². The highest BCUT2D eigenvalue weighted by Gasteiger charge is 2.45. The van der Waals surface area contributed by atoms with Crippen molar-refractivity contribution >= 4 is 5.91 Å². The molecule has 3 rings (SSSR count). The normalized spacial score (nSPS) is 28.8. The highest BCUT2D eigenvalue weighted by Crippen LogP contribution is 2.44. The summed E-state index contributed by atoms with van der Waals surface area (Å²) in [5.74, 6) is 0.571. The monoisotopic (exact) mass is 289 g/mol. The average molecular weight is 289 g/mol. The summed E-state index contributed by atoms with van der Waals surface area (Å²) in [6.45, 7) is 6.00. The molecule has 2 atom stereocenters. The molecule has 2 nitrogen and oxygen atoms in total. The molecule has 2 aliphatic heterocycles. The zero-order chi connectivity index (χ0) is 15.2.